The average molecular weight is 199 g/mol. The predicted molar refractivity (Wildman–Crippen MR) is 61.3 cm³/mol. The Balaban J connectivity index is 2.49. The number of rotatable bonds is 2. The van der Waals surface area contributed by atoms with Crippen molar-refractivity contribution in [1.82, 2.24) is 4.98 Å². The SMILES string of the molecule is C#CCSc1cccc2cccnc12. The fraction of sp³-hybridized carbons (Fsp3) is 0.0833. The molecule has 0 aliphatic heterocycles. The average Bonchev–Trinajstić information content (AvgIpc) is 2.26. The molecule has 14 heavy (non-hydrogen) atoms. The second-order valence-corrected chi connectivity index (χ2v) is 3.84. The summed E-state index contributed by atoms with van der Waals surface area (Å²) in [6, 6.07) is 10.1. The van der Waals surface area contributed by atoms with Gasteiger partial charge in [-0.05, 0) is 12.1 Å². The quantitative estimate of drug-likeness (QED) is 0.545. The number of pyridine rings is 1. The van der Waals surface area contributed by atoms with E-state index < -0.39 is 0 Å². The maximum atomic E-state index is 5.23. The lowest BCUT2D eigenvalue weighted by molar-refractivity contribution is 1.35. The molecule has 2 aromatic rings. The lowest BCUT2D eigenvalue weighted by Gasteiger charge is -2.02. The molecule has 0 atom stereocenters. The Labute approximate surface area is 87.5 Å². The van der Waals surface area contributed by atoms with Gasteiger partial charge in [0.1, 0.15) is 0 Å². The number of aromatic nitrogens is 1. The lowest BCUT2D eigenvalue weighted by Crippen LogP contribution is -1.82. The molecule has 0 N–H and O–H groups in total. The molecule has 2 rings (SSSR count). The molecule has 0 aliphatic rings. The molecule has 0 saturated carbocycles. The maximum Gasteiger partial charge on any atom is 0.0837 e. The van der Waals surface area contributed by atoms with E-state index in [4.69, 9.17) is 6.42 Å². The minimum Gasteiger partial charge on any atom is -0.255 e. The molecular formula is C12H9NS. The van der Waals surface area contributed by atoms with Crippen molar-refractivity contribution in [2.24, 2.45) is 0 Å². The summed E-state index contributed by atoms with van der Waals surface area (Å²) in [6.45, 7) is 0. The van der Waals surface area contributed by atoms with Crippen LogP contribution >= 0.6 is 11.8 Å². The molecule has 68 valence electrons. The van der Waals surface area contributed by atoms with Crippen molar-refractivity contribution in [3.8, 4) is 12.3 Å². The van der Waals surface area contributed by atoms with Crippen LogP contribution in [0.5, 0.6) is 0 Å². The maximum absolute atomic E-state index is 5.23. The summed E-state index contributed by atoms with van der Waals surface area (Å²) in [6.07, 6.45) is 7.04. The number of fused-ring (bicyclic) bond motifs is 1. The van der Waals surface area contributed by atoms with Crippen LogP contribution in [-0.2, 0) is 0 Å². The predicted octanol–water partition coefficient (Wildman–Crippen LogP) is 2.96. The van der Waals surface area contributed by atoms with Crippen molar-refractivity contribution in [1.29, 1.82) is 0 Å². The molecule has 0 spiro atoms. The van der Waals surface area contributed by atoms with Crippen LogP contribution in [0.3, 0.4) is 0 Å². The first-order valence-electron chi connectivity index (χ1n) is 4.32. The van der Waals surface area contributed by atoms with Crippen LogP contribution in [0.15, 0.2) is 41.4 Å². The highest BCUT2D eigenvalue weighted by atomic mass is 32.2. The van der Waals surface area contributed by atoms with Crippen molar-refractivity contribution in [3.63, 3.8) is 0 Å². The van der Waals surface area contributed by atoms with Gasteiger partial charge in [-0.3, -0.25) is 4.98 Å². The fourth-order valence-corrected chi connectivity index (χ4v) is 2.03. The minimum atomic E-state index is 0.690. The largest absolute Gasteiger partial charge is 0.255 e. The summed E-state index contributed by atoms with van der Waals surface area (Å²) in [5.74, 6) is 3.31. The number of nitrogens with zero attached hydrogens (tertiary/aromatic N) is 1. The second-order valence-electron chi connectivity index (χ2n) is 2.82. The van der Waals surface area contributed by atoms with Crippen molar-refractivity contribution >= 4 is 22.7 Å². The normalized spacial score (nSPS) is 9.93. The molecular weight excluding hydrogens is 190 g/mol. The monoisotopic (exact) mass is 199 g/mol. The van der Waals surface area contributed by atoms with Gasteiger partial charge in [-0.1, -0.05) is 24.1 Å². The van der Waals surface area contributed by atoms with Gasteiger partial charge in [-0.2, -0.15) is 0 Å². The first-order chi connectivity index (χ1) is 6.92. The topological polar surface area (TPSA) is 12.9 Å². The van der Waals surface area contributed by atoms with Gasteiger partial charge in [-0.15, -0.1) is 18.2 Å². The van der Waals surface area contributed by atoms with Crippen molar-refractivity contribution in [3.05, 3.63) is 36.5 Å². The van der Waals surface area contributed by atoms with Gasteiger partial charge in [0.05, 0.1) is 11.3 Å². The minimum absolute atomic E-state index is 0.690. The van der Waals surface area contributed by atoms with Gasteiger partial charge in [0.25, 0.3) is 0 Å². The van der Waals surface area contributed by atoms with Crippen LogP contribution in [0.2, 0.25) is 0 Å². The van der Waals surface area contributed by atoms with Crippen LogP contribution in [-0.4, -0.2) is 10.7 Å². The van der Waals surface area contributed by atoms with E-state index in [-0.39, 0.29) is 0 Å². The molecule has 0 unspecified atom stereocenters. The van der Waals surface area contributed by atoms with Gasteiger partial charge in [0.15, 0.2) is 0 Å². The van der Waals surface area contributed by atoms with E-state index in [9.17, 15) is 0 Å². The highest BCUT2D eigenvalue weighted by molar-refractivity contribution is 7.99. The van der Waals surface area contributed by atoms with E-state index >= 15 is 0 Å². The lowest BCUT2D eigenvalue weighted by atomic mass is 10.2. The molecule has 1 aromatic carbocycles. The summed E-state index contributed by atoms with van der Waals surface area (Å²) < 4.78 is 0. The Hall–Kier alpha value is -1.46. The Kier molecular flexibility index (Phi) is 2.71. The number of benzene rings is 1. The van der Waals surface area contributed by atoms with E-state index in [2.05, 4.69) is 29.1 Å². The van der Waals surface area contributed by atoms with Crippen LogP contribution in [0, 0.1) is 12.3 Å². The molecule has 1 nitrogen and oxygen atoms in total. The Morgan fingerprint density at radius 3 is 3.00 bits per heavy atom. The summed E-state index contributed by atoms with van der Waals surface area (Å²) in [7, 11) is 0. The highest BCUT2D eigenvalue weighted by Crippen LogP contribution is 2.25. The highest BCUT2D eigenvalue weighted by Gasteiger charge is 2.00. The number of terminal acetylenes is 1. The molecule has 2 heteroatoms. The van der Waals surface area contributed by atoms with E-state index in [0.717, 1.165) is 15.8 Å². The molecule has 1 heterocycles. The third kappa shape index (κ3) is 1.73. The van der Waals surface area contributed by atoms with Crippen LogP contribution < -0.4 is 0 Å². The summed E-state index contributed by atoms with van der Waals surface area (Å²) in [5.41, 5.74) is 1.04. The number of hydrogen-bond acceptors (Lipinski definition) is 2. The van der Waals surface area contributed by atoms with E-state index in [0.29, 0.717) is 5.75 Å². The van der Waals surface area contributed by atoms with Crippen LogP contribution in [0.4, 0.5) is 0 Å². The van der Waals surface area contributed by atoms with Gasteiger partial charge in [0.2, 0.25) is 0 Å². The third-order valence-corrected chi connectivity index (χ3v) is 2.86. The molecule has 0 fully saturated rings. The van der Waals surface area contributed by atoms with Gasteiger partial charge < -0.3 is 0 Å². The first-order valence-corrected chi connectivity index (χ1v) is 5.30. The van der Waals surface area contributed by atoms with Crippen LogP contribution in [0.25, 0.3) is 10.9 Å². The zero-order chi connectivity index (χ0) is 9.80. The summed E-state index contributed by atoms with van der Waals surface area (Å²) >= 11 is 1.65. The van der Waals surface area contributed by atoms with Gasteiger partial charge in [-0.25, -0.2) is 0 Å². The molecule has 1 aromatic heterocycles. The number of para-hydroxylation sites is 1. The van der Waals surface area contributed by atoms with E-state index in [1.165, 1.54) is 0 Å². The van der Waals surface area contributed by atoms with Crippen molar-refractivity contribution < 1.29 is 0 Å². The summed E-state index contributed by atoms with van der Waals surface area (Å²) in [4.78, 5) is 5.50. The van der Waals surface area contributed by atoms with E-state index in [1.54, 1.807) is 11.8 Å². The van der Waals surface area contributed by atoms with Crippen LogP contribution in [0.1, 0.15) is 0 Å². The smallest absolute Gasteiger partial charge is 0.0837 e. The second kappa shape index (κ2) is 4.17. The van der Waals surface area contributed by atoms with Crippen molar-refractivity contribution in [2.45, 2.75) is 4.90 Å². The molecule has 0 amide bonds. The number of thioether (sulfide) groups is 1. The third-order valence-electron chi connectivity index (χ3n) is 1.91. The standard InChI is InChI=1S/C12H9NS/c1-2-9-14-11-7-3-5-10-6-4-8-13-12(10)11/h1,3-8H,9H2. The Morgan fingerprint density at radius 1 is 1.29 bits per heavy atom. The van der Waals surface area contributed by atoms with Gasteiger partial charge in [0, 0.05) is 16.5 Å². The zero-order valence-electron chi connectivity index (χ0n) is 7.60. The molecule has 0 aliphatic carbocycles. The van der Waals surface area contributed by atoms with E-state index in [1.807, 2.05) is 18.3 Å². The van der Waals surface area contributed by atoms with Crippen molar-refractivity contribution in [2.75, 3.05) is 5.75 Å². The fourth-order valence-electron chi connectivity index (χ4n) is 1.31. The Morgan fingerprint density at radius 2 is 2.14 bits per heavy atom. The Bertz CT molecular complexity index is 480. The summed E-state index contributed by atoms with van der Waals surface area (Å²) in [5, 5.41) is 1.16. The zero-order valence-corrected chi connectivity index (χ0v) is 8.42. The molecule has 0 bridgehead atoms. The first kappa shape index (κ1) is 9.11. The van der Waals surface area contributed by atoms with Gasteiger partial charge >= 0.3 is 0 Å². The number of hydrogen-bond donors (Lipinski definition) is 0. The molecule has 0 saturated heterocycles. The molecule has 0 radical (unpaired) electrons.